The Hall–Kier alpha value is -8.08. The van der Waals surface area contributed by atoms with Gasteiger partial charge in [0.2, 0.25) is 0 Å². The molecule has 0 atom stereocenters. The van der Waals surface area contributed by atoms with Crippen LogP contribution in [0.2, 0.25) is 0 Å². The minimum absolute atomic E-state index is 0.898. The highest BCUT2D eigenvalue weighted by molar-refractivity contribution is 6.16. The summed E-state index contributed by atoms with van der Waals surface area (Å²) in [5, 5.41) is 5.70. The van der Waals surface area contributed by atoms with Crippen LogP contribution in [0.4, 0.5) is 34.1 Å². The monoisotopic (exact) mass is 766 g/mol. The van der Waals surface area contributed by atoms with Gasteiger partial charge < -0.3 is 9.80 Å². The Morgan fingerprint density at radius 3 is 1.47 bits per heavy atom. The van der Waals surface area contributed by atoms with Crippen molar-refractivity contribution < 1.29 is 0 Å². The summed E-state index contributed by atoms with van der Waals surface area (Å²) in [4.78, 5) is 15.2. The van der Waals surface area contributed by atoms with Gasteiger partial charge in [-0.1, -0.05) is 146 Å². The number of fused-ring (bicyclic) bond motifs is 5. The van der Waals surface area contributed by atoms with Gasteiger partial charge in [0.25, 0.3) is 0 Å². The summed E-state index contributed by atoms with van der Waals surface area (Å²) >= 11 is 0. The Bertz CT molecular complexity index is 3260. The number of nitrogens with zero attached hydrogens (tertiary/aromatic N) is 4. The van der Waals surface area contributed by atoms with Gasteiger partial charge in [-0.15, -0.1) is 0 Å². The van der Waals surface area contributed by atoms with Crippen molar-refractivity contribution in [3.63, 3.8) is 0 Å². The predicted octanol–water partition coefficient (Wildman–Crippen LogP) is 15.4. The Morgan fingerprint density at radius 1 is 0.283 bits per heavy atom. The second kappa shape index (κ2) is 15.0. The fourth-order valence-corrected chi connectivity index (χ4v) is 8.51. The molecule has 0 aliphatic heterocycles. The van der Waals surface area contributed by atoms with Gasteiger partial charge >= 0.3 is 0 Å². The lowest BCUT2D eigenvalue weighted by Crippen LogP contribution is -2.12. The van der Waals surface area contributed by atoms with Gasteiger partial charge in [-0.25, -0.2) is 9.97 Å². The zero-order chi connectivity index (χ0) is 39.8. The van der Waals surface area contributed by atoms with Crippen LogP contribution in [0.1, 0.15) is 0 Å². The quantitative estimate of drug-likeness (QED) is 0.114. The van der Waals surface area contributed by atoms with E-state index in [1.54, 1.807) is 0 Å². The van der Waals surface area contributed by atoms with Crippen LogP contribution >= 0.6 is 0 Å². The number of anilines is 6. The third-order valence-corrected chi connectivity index (χ3v) is 11.4. The first-order chi connectivity index (χ1) is 29.7. The minimum atomic E-state index is 0.898. The molecule has 2 heterocycles. The average Bonchev–Trinajstić information content (AvgIpc) is 3.32. The second-order valence-electron chi connectivity index (χ2n) is 15.0. The molecule has 0 N–H and O–H groups in total. The third kappa shape index (κ3) is 6.37. The summed E-state index contributed by atoms with van der Waals surface area (Å²) in [6, 6.07) is 81.6. The van der Waals surface area contributed by atoms with Crippen LogP contribution in [0.25, 0.3) is 65.9 Å². The van der Waals surface area contributed by atoms with E-state index >= 15 is 0 Å². The number of rotatable bonds is 8. The van der Waals surface area contributed by atoms with Crippen molar-refractivity contribution in [3.8, 4) is 22.4 Å². The molecule has 4 nitrogen and oxygen atoms in total. The zero-order valence-corrected chi connectivity index (χ0v) is 32.7. The number of hydrogen-bond donors (Lipinski definition) is 0. The highest BCUT2D eigenvalue weighted by atomic mass is 15.2. The molecule has 0 aliphatic carbocycles. The molecular weight excluding hydrogens is 729 g/mol. The highest BCUT2D eigenvalue weighted by Gasteiger charge is 2.18. The Kier molecular flexibility index (Phi) is 8.79. The summed E-state index contributed by atoms with van der Waals surface area (Å²) in [6.07, 6.45) is 0. The van der Waals surface area contributed by atoms with E-state index in [4.69, 9.17) is 9.97 Å². The molecule has 0 fully saturated rings. The molecule has 0 saturated heterocycles. The molecule has 4 heteroatoms. The van der Waals surface area contributed by atoms with Gasteiger partial charge in [-0.05, 0) is 101 Å². The van der Waals surface area contributed by atoms with E-state index in [-0.39, 0.29) is 0 Å². The molecule has 0 bridgehead atoms. The summed E-state index contributed by atoms with van der Waals surface area (Å²) in [5.41, 5.74) is 13.6. The molecule has 282 valence electrons. The third-order valence-electron chi connectivity index (χ3n) is 11.4. The van der Waals surface area contributed by atoms with Crippen molar-refractivity contribution in [2.45, 2.75) is 0 Å². The molecule has 0 amide bonds. The lowest BCUT2D eigenvalue weighted by molar-refractivity contribution is 1.26. The maximum Gasteiger partial charge on any atom is 0.0978 e. The number of aromatic nitrogens is 2. The fraction of sp³-hybridized carbons (Fsp3) is 0. The van der Waals surface area contributed by atoms with Gasteiger partial charge in [0.15, 0.2) is 0 Å². The predicted molar refractivity (Wildman–Crippen MR) is 252 cm³/mol. The second-order valence-corrected chi connectivity index (χ2v) is 15.0. The molecular formula is C56H38N4. The first-order valence-electron chi connectivity index (χ1n) is 20.3. The van der Waals surface area contributed by atoms with Crippen LogP contribution in [0, 0.1) is 0 Å². The maximum atomic E-state index is 5.34. The highest BCUT2D eigenvalue weighted by Crippen LogP contribution is 2.41. The van der Waals surface area contributed by atoms with E-state index in [0.717, 1.165) is 78.1 Å². The van der Waals surface area contributed by atoms with E-state index < -0.39 is 0 Å². The molecule has 2 aromatic heterocycles. The zero-order valence-electron chi connectivity index (χ0n) is 32.7. The maximum absolute atomic E-state index is 5.34. The van der Waals surface area contributed by atoms with Crippen molar-refractivity contribution in [1.29, 1.82) is 0 Å². The standard InChI is InChI=1S/C56H38N4/c1-4-15-41(16-5-1)54-50-22-12-13-23-53(50)58-56-51(54)36-27-42-28-37-52(57-55(42)56)40-25-29-46(30-26-40)60(49-31-24-39-14-10-11-17-43(39)38-49)48-34-32-47(33-35-48)59(44-18-6-2-7-19-44)45-20-8-3-9-21-45/h1-38H. The fourth-order valence-electron chi connectivity index (χ4n) is 8.51. The van der Waals surface area contributed by atoms with Crippen LogP contribution in [0.5, 0.6) is 0 Å². The van der Waals surface area contributed by atoms with Crippen molar-refractivity contribution in [2.24, 2.45) is 0 Å². The number of pyridine rings is 2. The van der Waals surface area contributed by atoms with E-state index in [2.05, 4.69) is 240 Å². The smallest absolute Gasteiger partial charge is 0.0978 e. The van der Waals surface area contributed by atoms with Gasteiger partial charge in [0.05, 0.1) is 22.2 Å². The summed E-state index contributed by atoms with van der Waals surface area (Å²) in [7, 11) is 0. The van der Waals surface area contributed by atoms with Crippen molar-refractivity contribution in [1.82, 2.24) is 9.97 Å². The van der Waals surface area contributed by atoms with Crippen LogP contribution in [0.15, 0.2) is 231 Å². The molecule has 0 radical (unpaired) electrons. The first-order valence-corrected chi connectivity index (χ1v) is 20.3. The Labute approximate surface area is 348 Å². The van der Waals surface area contributed by atoms with Crippen LogP contribution in [-0.4, -0.2) is 9.97 Å². The minimum Gasteiger partial charge on any atom is -0.311 e. The van der Waals surface area contributed by atoms with E-state index in [9.17, 15) is 0 Å². The molecule has 11 aromatic rings. The average molecular weight is 767 g/mol. The van der Waals surface area contributed by atoms with Gasteiger partial charge in [-0.2, -0.15) is 0 Å². The van der Waals surface area contributed by atoms with Crippen molar-refractivity contribution in [2.75, 3.05) is 9.80 Å². The SMILES string of the molecule is c1ccc(-c2c3ccccc3nc3c2ccc2ccc(-c4ccc(N(c5ccc(N(c6ccccc6)c6ccccc6)cc5)c5ccc6ccccc6c5)cc4)nc23)cc1. The van der Waals surface area contributed by atoms with Crippen LogP contribution < -0.4 is 9.80 Å². The molecule has 0 spiro atoms. The number of para-hydroxylation sites is 3. The van der Waals surface area contributed by atoms with E-state index in [0.29, 0.717) is 0 Å². The largest absolute Gasteiger partial charge is 0.311 e. The van der Waals surface area contributed by atoms with Gasteiger partial charge in [-0.3, -0.25) is 0 Å². The van der Waals surface area contributed by atoms with Gasteiger partial charge in [0.1, 0.15) is 0 Å². The Morgan fingerprint density at radius 2 is 0.783 bits per heavy atom. The normalized spacial score (nSPS) is 11.3. The summed E-state index contributed by atoms with van der Waals surface area (Å²) < 4.78 is 0. The van der Waals surface area contributed by atoms with E-state index in [1.165, 1.54) is 21.9 Å². The first kappa shape index (κ1) is 35.1. The molecule has 0 aliphatic rings. The lowest BCUT2D eigenvalue weighted by atomic mass is 9.95. The van der Waals surface area contributed by atoms with Crippen molar-refractivity contribution in [3.05, 3.63) is 231 Å². The van der Waals surface area contributed by atoms with Crippen molar-refractivity contribution >= 4 is 77.6 Å². The number of benzene rings is 9. The van der Waals surface area contributed by atoms with Crippen LogP contribution in [-0.2, 0) is 0 Å². The molecule has 0 saturated carbocycles. The summed E-state index contributed by atoms with van der Waals surface area (Å²) in [5.74, 6) is 0. The Balaban J connectivity index is 1.00. The lowest BCUT2D eigenvalue weighted by Gasteiger charge is -2.28. The summed E-state index contributed by atoms with van der Waals surface area (Å²) in [6.45, 7) is 0. The molecule has 0 unspecified atom stereocenters. The molecule has 60 heavy (non-hydrogen) atoms. The van der Waals surface area contributed by atoms with E-state index in [1.807, 2.05) is 0 Å². The number of hydrogen-bond acceptors (Lipinski definition) is 4. The molecule has 9 aromatic carbocycles. The van der Waals surface area contributed by atoms with Crippen LogP contribution in [0.3, 0.4) is 0 Å². The molecule has 11 rings (SSSR count). The topological polar surface area (TPSA) is 32.3 Å². The van der Waals surface area contributed by atoms with Gasteiger partial charge in [0, 0.05) is 61.4 Å².